The topological polar surface area (TPSA) is 124 Å². The van der Waals surface area contributed by atoms with Crippen LogP contribution in [0.15, 0.2) is 53.7 Å². The average molecular weight is 638 g/mol. The first-order valence-corrected chi connectivity index (χ1v) is 16.1. The predicted octanol–water partition coefficient (Wildman–Crippen LogP) is 5.58. The van der Waals surface area contributed by atoms with Crippen LogP contribution in [0.2, 0.25) is 0 Å². The van der Waals surface area contributed by atoms with Crippen molar-refractivity contribution in [3.8, 4) is 11.4 Å². The highest BCUT2D eigenvalue weighted by Gasteiger charge is 2.27. The van der Waals surface area contributed by atoms with Gasteiger partial charge in [-0.1, -0.05) is 23.9 Å². The minimum atomic E-state index is -0.627. The highest BCUT2D eigenvalue weighted by Crippen LogP contribution is 2.39. The maximum Gasteiger partial charge on any atom is 0.341 e. The molecule has 0 radical (unpaired) electrons. The number of fused-ring (bicyclic) bond motifs is 1. The van der Waals surface area contributed by atoms with E-state index < -0.39 is 17.7 Å². The zero-order chi connectivity index (χ0) is 31.1. The summed E-state index contributed by atoms with van der Waals surface area (Å²) in [7, 11) is 0. The molecule has 0 saturated carbocycles. The molecule has 230 valence electrons. The molecule has 2 N–H and O–H groups in total. The van der Waals surface area contributed by atoms with Gasteiger partial charge in [0, 0.05) is 10.6 Å². The number of rotatable bonds is 12. The Balaban J connectivity index is 1.34. The lowest BCUT2D eigenvalue weighted by Crippen LogP contribution is -2.25. The third-order valence-corrected chi connectivity index (χ3v) is 9.00. The molecular formula is C31H32FN5O5S2. The Kier molecular flexibility index (Phi) is 10.3. The van der Waals surface area contributed by atoms with Crippen molar-refractivity contribution < 1.29 is 28.2 Å². The monoisotopic (exact) mass is 637 g/mol. The molecule has 0 unspecified atom stereocenters. The van der Waals surface area contributed by atoms with Gasteiger partial charge in [0.1, 0.15) is 16.6 Å². The van der Waals surface area contributed by atoms with Gasteiger partial charge < -0.3 is 20.1 Å². The molecule has 0 saturated heterocycles. The molecule has 10 nitrogen and oxygen atoms in total. The molecule has 5 rings (SSSR count). The Labute approximate surface area is 262 Å². The lowest BCUT2D eigenvalue weighted by atomic mass is 9.95. The number of esters is 1. The normalized spacial score (nSPS) is 12.3. The van der Waals surface area contributed by atoms with Crippen molar-refractivity contribution in [2.75, 3.05) is 24.3 Å². The number of amides is 2. The Morgan fingerprint density at radius 3 is 2.55 bits per heavy atom. The molecule has 44 heavy (non-hydrogen) atoms. The summed E-state index contributed by atoms with van der Waals surface area (Å²) in [6.07, 6.45) is 3.69. The average Bonchev–Trinajstić information content (AvgIpc) is 3.60. The number of hydrogen-bond acceptors (Lipinski definition) is 9. The fourth-order valence-corrected chi connectivity index (χ4v) is 6.96. The molecule has 2 aromatic heterocycles. The summed E-state index contributed by atoms with van der Waals surface area (Å²) in [5, 5.41) is 15.1. The molecule has 2 amide bonds. The van der Waals surface area contributed by atoms with Crippen molar-refractivity contribution >= 4 is 45.9 Å². The highest BCUT2D eigenvalue weighted by atomic mass is 32.2. The molecule has 4 aromatic rings. The lowest BCUT2D eigenvalue weighted by molar-refractivity contribution is -0.113. The molecule has 0 atom stereocenters. The number of anilines is 1. The van der Waals surface area contributed by atoms with Gasteiger partial charge in [-0.25, -0.2) is 9.18 Å². The summed E-state index contributed by atoms with van der Waals surface area (Å²) in [6.45, 7) is 4.37. The highest BCUT2D eigenvalue weighted by molar-refractivity contribution is 7.99. The second-order valence-electron chi connectivity index (χ2n) is 9.80. The van der Waals surface area contributed by atoms with Crippen molar-refractivity contribution in [2.45, 2.75) is 51.2 Å². The van der Waals surface area contributed by atoms with Crippen molar-refractivity contribution in [1.29, 1.82) is 0 Å². The molecule has 1 aliphatic rings. The zero-order valence-electron chi connectivity index (χ0n) is 24.4. The van der Waals surface area contributed by atoms with Crippen LogP contribution in [0, 0.1) is 5.82 Å². The van der Waals surface area contributed by atoms with Crippen LogP contribution in [0.25, 0.3) is 5.69 Å². The second kappa shape index (κ2) is 14.5. The molecule has 13 heteroatoms. The number of nitrogens with zero attached hydrogens (tertiary/aromatic N) is 3. The second-order valence-corrected chi connectivity index (χ2v) is 11.8. The summed E-state index contributed by atoms with van der Waals surface area (Å²) in [5.41, 5.74) is 2.03. The van der Waals surface area contributed by atoms with Gasteiger partial charge in [-0.3, -0.25) is 14.2 Å². The molecule has 0 spiro atoms. The van der Waals surface area contributed by atoms with Gasteiger partial charge in [-0.05, 0) is 81.5 Å². The van der Waals surface area contributed by atoms with E-state index in [2.05, 4.69) is 20.8 Å². The van der Waals surface area contributed by atoms with Gasteiger partial charge >= 0.3 is 5.97 Å². The number of hydrogen-bond donors (Lipinski definition) is 2. The van der Waals surface area contributed by atoms with E-state index >= 15 is 0 Å². The smallest absolute Gasteiger partial charge is 0.341 e. The standard InChI is InChI=1S/C31H32FN5O5S2/c1-3-41-20-15-13-19(14-16-20)37-25(17-33-28(39)21-9-5-7-11-23(21)32)35-36-31(37)43-18-26(38)34-29-27(30(40)42-4-2)22-10-6-8-12-24(22)44-29/h5,7,9,11,13-16H,3-4,6,8,10,12,17-18H2,1-2H3,(H,33,39)(H,34,38). The number of thioether (sulfide) groups is 1. The summed E-state index contributed by atoms with van der Waals surface area (Å²) in [4.78, 5) is 39.7. The van der Waals surface area contributed by atoms with Gasteiger partial charge in [0.15, 0.2) is 11.0 Å². The number of carbonyl (C=O) groups is 3. The van der Waals surface area contributed by atoms with Crippen LogP contribution < -0.4 is 15.4 Å². The SMILES string of the molecule is CCOC(=O)c1c(NC(=O)CSc2nnc(CNC(=O)c3ccccc3F)n2-c2ccc(OCC)cc2)sc2c1CCCC2. The number of halogens is 1. The molecule has 0 fully saturated rings. The number of thiophene rings is 1. The number of nitrogens with one attached hydrogen (secondary N) is 2. The third kappa shape index (κ3) is 7.11. The number of ether oxygens (including phenoxy) is 2. The largest absolute Gasteiger partial charge is 0.494 e. The third-order valence-electron chi connectivity index (χ3n) is 6.87. The van der Waals surface area contributed by atoms with E-state index in [4.69, 9.17) is 9.47 Å². The maximum atomic E-state index is 14.1. The molecule has 0 aliphatic heterocycles. The van der Waals surface area contributed by atoms with Crippen LogP contribution in [0.5, 0.6) is 5.75 Å². The van der Waals surface area contributed by atoms with E-state index in [1.165, 1.54) is 29.5 Å². The Morgan fingerprint density at radius 2 is 1.80 bits per heavy atom. The van der Waals surface area contributed by atoms with E-state index in [-0.39, 0.29) is 30.4 Å². The summed E-state index contributed by atoms with van der Waals surface area (Å²) in [6, 6.07) is 13.0. The minimum absolute atomic E-state index is 0.0123. The Bertz CT molecular complexity index is 1650. The fraction of sp³-hybridized carbons (Fsp3) is 0.323. The first-order chi connectivity index (χ1) is 21.4. The first kappa shape index (κ1) is 31.2. The Hall–Kier alpha value is -4.23. The zero-order valence-corrected chi connectivity index (χ0v) is 26.0. The molecular weight excluding hydrogens is 606 g/mol. The predicted molar refractivity (Wildman–Crippen MR) is 166 cm³/mol. The molecule has 1 aliphatic carbocycles. The lowest BCUT2D eigenvalue weighted by Gasteiger charge is -2.13. The van der Waals surface area contributed by atoms with Crippen LogP contribution >= 0.6 is 23.1 Å². The quantitative estimate of drug-likeness (QED) is 0.152. The van der Waals surface area contributed by atoms with Crippen molar-refractivity contribution in [3.63, 3.8) is 0 Å². The number of benzene rings is 2. The number of aromatic nitrogens is 3. The summed E-state index contributed by atoms with van der Waals surface area (Å²) in [5.74, 6) is -0.892. The van der Waals surface area contributed by atoms with Crippen LogP contribution in [0.4, 0.5) is 9.39 Å². The minimum Gasteiger partial charge on any atom is -0.494 e. The van der Waals surface area contributed by atoms with Gasteiger partial charge in [-0.15, -0.1) is 21.5 Å². The van der Waals surface area contributed by atoms with Crippen molar-refractivity contribution in [1.82, 2.24) is 20.1 Å². The van der Waals surface area contributed by atoms with Gasteiger partial charge in [-0.2, -0.15) is 0 Å². The molecule has 0 bridgehead atoms. The van der Waals surface area contributed by atoms with E-state index in [1.54, 1.807) is 29.7 Å². The van der Waals surface area contributed by atoms with Crippen LogP contribution in [-0.2, 0) is 28.9 Å². The Morgan fingerprint density at radius 1 is 1.02 bits per heavy atom. The maximum absolute atomic E-state index is 14.1. The van der Waals surface area contributed by atoms with Crippen molar-refractivity contribution in [3.05, 3.63) is 81.7 Å². The van der Waals surface area contributed by atoms with E-state index in [0.29, 0.717) is 39.6 Å². The summed E-state index contributed by atoms with van der Waals surface area (Å²) >= 11 is 2.59. The van der Waals surface area contributed by atoms with E-state index in [0.717, 1.165) is 47.9 Å². The summed E-state index contributed by atoms with van der Waals surface area (Å²) < 4.78 is 26.7. The fourth-order valence-electron chi connectivity index (χ4n) is 4.89. The molecule has 2 aromatic carbocycles. The number of carbonyl (C=O) groups excluding carboxylic acids is 3. The van der Waals surface area contributed by atoms with E-state index in [9.17, 15) is 18.8 Å². The van der Waals surface area contributed by atoms with Gasteiger partial charge in [0.2, 0.25) is 5.91 Å². The first-order valence-electron chi connectivity index (χ1n) is 14.3. The van der Waals surface area contributed by atoms with Gasteiger partial charge in [0.25, 0.3) is 5.91 Å². The van der Waals surface area contributed by atoms with Crippen molar-refractivity contribution in [2.24, 2.45) is 0 Å². The van der Waals surface area contributed by atoms with Crippen LogP contribution in [-0.4, -0.2) is 51.5 Å². The van der Waals surface area contributed by atoms with Crippen LogP contribution in [0.3, 0.4) is 0 Å². The molecule has 2 heterocycles. The number of aryl methyl sites for hydroxylation is 1. The van der Waals surface area contributed by atoms with Crippen LogP contribution in [0.1, 0.15) is 63.7 Å². The van der Waals surface area contributed by atoms with Gasteiger partial charge in [0.05, 0.1) is 36.6 Å². The van der Waals surface area contributed by atoms with E-state index in [1.807, 2.05) is 19.1 Å².